The van der Waals surface area contributed by atoms with Gasteiger partial charge in [0.25, 0.3) is 0 Å². The van der Waals surface area contributed by atoms with Crippen LogP contribution < -0.4 is 0 Å². The van der Waals surface area contributed by atoms with Gasteiger partial charge in [-0.05, 0) is 33.6 Å². The van der Waals surface area contributed by atoms with Gasteiger partial charge >= 0.3 is 5.97 Å². The van der Waals surface area contributed by atoms with E-state index >= 15 is 0 Å². The molecule has 0 bridgehead atoms. The van der Waals surface area contributed by atoms with Crippen molar-refractivity contribution in [1.82, 2.24) is 0 Å². The minimum Gasteiger partial charge on any atom is -0.463 e. The summed E-state index contributed by atoms with van der Waals surface area (Å²) in [5.74, 6) is -0.210. The number of hydrogen-bond acceptors (Lipinski definition) is 4. The maximum absolute atomic E-state index is 11.4. The number of aliphatic hydroxyl groups is 1. The normalized spacial score (nSPS) is 26.7. The molecule has 88 valence electrons. The van der Waals surface area contributed by atoms with E-state index in [0.29, 0.717) is 6.61 Å². The van der Waals surface area contributed by atoms with Crippen LogP contribution in [-0.4, -0.2) is 36.5 Å². The van der Waals surface area contributed by atoms with Crippen molar-refractivity contribution in [2.45, 2.75) is 45.8 Å². The van der Waals surface area contributed by atoms with Gasteiger partial charge in [-0.2, -0.15) is 0 Å². The van der Waals surface area contributed by atoms with Gasteiger partial charge in [-0.1, -0.05) is 0 Å². The number of hydrogen-bond donors (Lipinski definition) is 1. The first-order chi connectivity index (χ1) is 6.93. The molecule has 0 radical (unpaired) electrons. The number of esters is 1. The molecule has 0 aromatic heterocycles. The molecule has 0 aromatic rings. The maximum atomic E-state index is 11.4. The van der Waals surface area contributed by atoms with Gasteiger partial charge in [-0.3, -0.25) is 4.79 Å². The first kappa shape index (κ1) is 12.5. The van der Waals surface area contributed by atoms with Crippen LogP contribution in [0.3, 0.4) is 0 Å². The fourth-order valence-electron chi connectivity index (χ4n) is 1.42. The highest BCUT2D eigenvalue weighted by Crippen LogP contribution is 2.21. The van der Waals surface area contributed by atoms with Crippen molar-refractivity contribution in [1.29, 1.82) is 0 Å². The standard InChI is InChI=1S/C11H20O4/c1-11(2,3)10(13)14-7-9-5-4-8(6-12)15-9/h8-9,12H,4-7H2,1-3H3. The number of rotatable bonds is 3. The van der Waals surface area contributed by atoms with Crippen molar-refractivity contribution in [3.63, 3.8) is 0 Å². The molecule has 15 heavy (non-hydrogen) atoms. The van der Waals surface area contributed by atoms with E-state index in [1.54, 1.807) is 0 Å². The Hall–Kier alpha value is -0.610. The van der Waals surface area contributed by atoms with E-state index in [1.165, 1.54) is 0 Å². The van der Waals surface area contributed by atoms with Crippen molar-refractivity contribution in [2.75, 3.05) is 13.2 Å². The largest absolute Gasteiger partial charge is 0.463 e. The van der Waals surface area contributed by atoms with Crippen molar-refractivity contribution in [3.05, 3.63) is 0 Å². The lowest BCUT2D eigenvalue weighted by Crippen LogP contribution is -2.27. The summed E-state index contributed by atoms with van der Waals surface area (Å²) in [5.41, 5.74) is -0.463. The second kappa shape index (κ2) is 4.94. The third kappa shape index (κ3) is 3.80. The monoisotopic (exact) mass is 216 g/mol. The molecule has 1 rings (SSSR count). The van der Waals surface area contributed by atoms with Gasteiger partial charge in [0.15, 0.2) is 0 Å². The van der Waals surface area contributed by atoms with Crippen LogP contribution in [0.2, 0.25) is 0 Å². The van der Waals surface area contributed by atoms with Crippen LogP contribution in [0, 0.1) is 5.41 Å². The molecule has 2 unspecified atom stereocenters. The predicted molar refractivity (Wildman–Crippen MR) is 55.4 cm³/mol. The Kier molecular flexibility index (Phi) is 4.11. The van der Waals surface area contributed by atoms with Gasteiger partial charge in [0, 0.05) is 0 Å². The lowest BCUT2D eigenvalue weighted by molar-refractivity contribution is -0.157. The van der Waals surface area contributed by atoms with Gasteiger partial charge in [-0.15, -0.1) is 0 Å². The zero-order valence-corrected chi connectivity index (χ0v) is 9.66. The summed E-state index contributed by atoms with van der Waals surface area (Å²) >= 11 is 0. The van der Waals surface area contributed by atoms with E-state index in [-0.39, 0.29) is 24.8 Å². The molecule has 0 amide bonds. The average molecular weight is 216 g/mol. The van der Waals surface area contributed by atoms with E-state index in [1.807, 2.05) is 20.8 Å². The van der Waals surface area contributed by atoms with Crippen LogP contribution >= 0.6 is 0 Å². The Morgan fingerprint density at radius 3 is 2.47 bits per heavy atom. The van der Waals surface area contributed by atoms with Crippen LogP contribution in [0.25, 0.3) is 0 Å². The SMILES string of the molecule is CC(C)(C)C(=O)OCC1CCC(CO)O1. The molecule has 0 spiro atoms. The molecule has 4 nitrogen and oxygen atoms in total. The molecule has 1 heterocycles. The first-order valence-electron chi connectivity index (χ1n) is 5.37. The summed E-state index contributed by atoms with van der Waals surface area (Å²) in [6.07, 6.45) is 1.56. The Morgan fingerprint density at radius 1 is 1.40 bits per heavy atom. The molecule has 1 saturated heterocycles. The van der Waals surface area contributed by atoms with Crippen LogP contribution in [0.5, 0.6) is 0 Å². The fraction of sp³-hybridized carbons (Fsp3) is 0.909. The quantitative estimate of drug-likeness (QED) is 0.718. The Balaban J connectivity index is 2.24. The van der Waals surface area contributed by atoms with Gasteiger partial charge in [0.05, 0.1) is 24.2 Å². The first-order valence-corrected chi connectivity index (χ1v) is 5.37. The Labute approximate surface area is 90.6 Å². The van der Waals surface area contributed by atoms with Crippen LogP contribution in [0.15, 0.2) is 0 Å². The summed E-state index contributed by atoms with van der Waals surface area (Å²) in [7, 11) is 0. The summed E-state index contributed by atoms with van der Waals surface area (Å²) in [6, 6.07) is 0. The van der Waals surface area contributed by atoms with Gasteiger partial charge in [0.2, 0.25) is 0 Å². The Morgan fingerprint density at radius 2 is 2.00 bits per heavy atom. The highest BCUT2D eigenvalue weighted by molar-refractivity contribution is 5.75. The summed E-state index contributed by atoms with van der Waals surface area (Å²) in [5, 5.41) is 8.86. The van der Waals surface area contributed by atoms with E-state index in [4.69, 9.17) is 14.6 Å². The van der Waals surface area contributed by atoms with Crippen LogP contribution in [0.1, 0.15) is 33.6 Å². The molecule has 1 aliphatic rings. The summed E-state index contributed by atoms with van der Waals surface area (Å²) in [6.45, 7) is 5.81. The van der Waals surface area contributed by atoms with Crippen LogP contribution in [0.4, 0.5) is 0 Å². The van der Waals surface area contributed by atoms with E-state index in [2.05, 4.69) is 0 Å². The zero-order valence-electron chi connectivity index (χ0n) is 9.66. The van der Waals surface area contributed by atoms with E-state index in [0.717, 1.165) is 12.8 Å². The highest BCUT2D eigenvalue weighted by atomic mass is 16.6. The third-order valence-corrected chi connectivity index (χ3v) is 2.41. The van der Waals surface area contributed by atoms with E-state index in [9.17, 15) is 4.79 Å². The second-order valence-electron chi connectivity index (χ2n) is 4.99. The number of carbonyl (C=O) groups excluding carboxylic acids is 1. The molecule has 0 aliphatic carbocycles. The predicted octanol–water partition coefficient (Wildman–Crippen LogP) is 1.12. The molecular formula is C11H20O4. The number of aliphatic hydroxyl groups excluding tert-OH is 1. The lowest BCUT2D eigenvalue weighted by Gasteiger charge is -2.18. The molecule has 2 atom stereocenters. The van der Waals surface area contributed by atoms with Crippen molar-refractivity contribution < 1.29 is 19.4 Å². The molecule has 1 aliphatic heterocycles. The molecule has 4 heteroatoms. The van der Waals surface area contributed by atoms with Crippen molar-refractivity contribution >= 4 is 5.97 Å². The van der Waals surface area contributed by atoms with E-state index < -0.39 is 5.41 Å². The highest BCUT2D eigenvalue weighted by Gasteiger charge is 2.28. The molecule has 0 aromatic carbocycles. The third-order valence-electron chi connectivity index (χ3n) is 2.41. The van der Waals surface area contributed by atoms with Crippen molar-refractivity contribution in [3.8, 4) is 0 Å². The average Bonchev–Trinajstić information content (AvgIpc) is 2.60. The van der Waals surface area contributed by atoms with Gasteiger partial charge in [-0.25, -0.2) is 0 Å². The summed E-state index contributed by atoms with van der Waals surface area (Å²) in [4.78, 5) is 11.4. The van der Waals surface area contributed by atoms with Gasteiger partial charge in [0.1, 0.15) is 6.61 Å². The van der Waals surface area contributed by atoms with Gasteiger partial charge < -0.3 is 14.6 Å². The molecule has 0 saturated carbocycles. The molecule has 1 fully saturated rings. The fourth-order valence-corrected chi connectivity index (χ4v) is 1.42. The minimum absolute atomic E-state index is 0.0454. The second-order valence-corrected chi connectivity index (χ2v) is 4.99. The van der Waals surface area contributed by atoms with Crippen LogP contribution in [-0.2, 0) is 14.3 Å². The zero-order chi connectivity index (χ0) is 11.5. The molecule has 1 N–H and O–H groups in total. The molecular weight excluding hydrogens is 196 g/mol. The summed E-state index contributed by atoms with van der Waals surface area (Å²) < 4.78 is 10.6. The number of carbonyl (C=O) groups is 1. The smallest absolute Gasteiger partial charge is 0.311 e. The minimum atomic E-state index is -0.463. The number of ether oxygens (including phenoxy) is 2. The lowest BCUT2D eigenvalue weighted by atomic mass is 9.97. The Bertz CT molecular complexity index is 219. The maximum Gasteiger partial charge on any atom is 0.311 e. The van der Waals surface area contributed by atoms with Crippen molar-refractivity contribution in [2.24, 2.45) is 5.41 Å². The topological polar surface area (TPSA) is 55.8 Å².